The summed E-state index contributed by atoms with van der Waals surface area (Å²) in [7, 11) is 4.80. The van der Waals surface area contributed by atoms with Crippen molar-refractivity contribution in [2.24, 2.45) is 22.7 Å². The van der Waals surface area contributed by atoms with Gasteiger partial charge in [-0.25, -0.2) is 14.4 Å². The molecular formula is C106H157N13O31. The molecule has 0 unspecified atom stereocenters. The highest BCUT2D eigenvalue weighted by atomic mass is 16.7. The third-order valence-corrected chi connectivity index (χ3v) is 26.7. The molecule has 150 heavy (non-hydrogen) atoms. The number of benzene rings is 4. The summed E-state index contributed by atoms with van der Waals surface area (Å²) in [5, 5.41) is 83.3. The van der Waals surface area contributed by atoms with Crippen LogP contribution >= 0.6 is 0 Å². The molecule has 9 rings (SSSR count). The van der Waals surface area contributed by atoms with E-state index < -0.39 is 132 Å². The molecule has 1 saturated carbocycles. The van der Waals surface area contributed by atoms with Gasteiger partial charge in [-0.1, -0.05) is 115 Å². The van der Waals surface area contributed by atoms with Crippen LogP contribution in [0.4, 0.5) is 16.2 Å². The number of nitrogens with one attached hydrogen (secondary N) is 8. The van der Waals surface area contributed by atoms with E-state index in [0.717, 1.165) is 35.2 Å². The van der Waals surface area contributed by atoms with Gasteiger partial charge < -0.3 is 143 Å². The van der Waals surface area contributed by atoms with E-state index in [1.807, 2.05) is 102 Å². The average molecular weight is 2110 g/mol. The number of nitrogens with zero attached hydrogens (tertiary/aromatic N) is 5. The summed E-state index contributed by atoms with van der Waals surface area (Å²) in [5.41, 5.74) is 4.14. The van der Waals surface area contributed by atoms with E-state index in [0.29, 0.717) is 206 Å². The summed E-state index contributed by atoms with van der Waals surface area (Å²) < 4.78 is 83.0. The first kappa shape index (κ1) is 122. The Labute approximate surface area is 876 Å². The molecule has 44 nitrogen and oxygen atoms in total. The number of H-pyrrole nitrogens is 1. The molecule has 2 saturated heterocycles. The smallest absolute Gasteiger partial charge is 0.411 e. The number of para-hydroxylation sites is 1. The zero-order valence-corrected chi connectivity index (χ0v) is 88.4. The maximum absolute atomic E-state index is 14.5. The average Bonchev–Trinajstić information content (AvgIpc) is 1.60. The Bertz CT molecular complexity index is 5080. The summed E-state index contributed by atoms with van der Waals surface area (Å²) >= 11 is 0. The Kier molecular flexibility index (Phi) is 52.2. The number of methoxy groups -OCH3 is 1. The fourth-order valence-electron chi connectivity index (χ4n) is 17.9. The lowest BCUT2D eigenvalue weighted by Gasteiger charge is -2.45. The van der Waals surface area contributed by atoms with Crippen molar-refractivity contribution in [1.29, 1.82) is 0 Å². The van der Waals surface area contributed by atoms with Gasteiger partial charge in [0.25, 0.3) is 0 Å². The van der Waals surface area contributed by atoms with E-state index in [2.05, 4.69) is 52.6 Å². The number of unbranched alkanes of at least 4 members (excludes halogenated alkanes) is 1. The summed E-state index contributed by atoms with van der Waals surface area (Å²) in [6.45, 7) is 23.2. The molecule has 9 atom stereocenters. The molecule has 9 amide bonds. The maximum atomic E-state index is 14.5. The van der Waals surface area contributed by atoms with Crippen LogP contribution in [0.15, 0.2) is 103 Å². The molecule has 3 fully saturated rings. The molecule has 1 spiro atoms. The number of piperidine rings is 1. The van der Waals surface area contributed by atoms with Crippen LogP contribution in [0.2, 0.25) is 0 Å². The Balaban J connectivity index is 0.734. The Morgan fingerprint density at radius 1 is 0.580 bits per heavy atom. The largest absolute Gasteiger partial charge is 0.479 e. The molecule has 3 aliphatic heterocycles. The number of fused-ring (bicyclic) bond motifs is 5. The number of carboxylic acid groups (broad SMARTS) is 2. The van der Waals surface area contributed by atoms with Crippen LogP contribution in [-0.2, 0) is 139 Å². The van der Waals surface area contributed by atoms with Crippen LogP contribution in [0, 0.1) is 22.7 Å². The molecule has 44 heteroatoms. The third kappa shape index (κ3) is 39.5. The van der Waals surface area contributed by atoms with Crippen molar-refractivity contribution in [2.75, 3.05) is 210 Å². The minimum Gasteiger partial charge on any atom is -0.479 e. The number of amides is 9. The van der Waals surface area contributed by atoms with E-state index >= 15 is 0 Å². The Morgan fingerprint density at radius 2 is 1.11 bits per heavy atom. The first-order valence-electron chi connectivity index (χ1n) is 51.6. The van der Waals surface area contributed by atoms with Gasteiger partial charge in [0, 0.05) is 112 Å². The van der Waals surface area contributed by atoms with E-state index in [1.165, 1.54) is 36.1 Å². The number of hydrogen-bond acceptors (Lipinski definition) is 32. The van der Waals surface area contributed by atoms with Crippen LogP contribution in [0.5, 0.6) is 5.75 Å². The number of likely N-dealkylation sites (tertiary alicyclic amines) is 1. The highest BCUT2D eigenvalue weighted by Gasteiger charge is 2.49. The van der Waals surface area contributed by atoms with Crippen LogP contribution in [0.25, 0.3) is 22.5 Å². The van der Waals surface area contributed by atoms with Crippen LogP contribution in [-0.4, -0.2) is 370 Å². The lowest BCUT2D eigenvalue weighted by Crippen LogP contribution is -2.61. The Hall–Kier alpha value is -11.2. The van der Waals surface area contributed by atoms with Crippen molar-refractivity contribution in [3.63, 3.8) is 0 Å². The monoisotopic (exact) mass is 2110 g/mol. The highest BCUT2D eigenvalue weighted by Crippen LogP contribution is 2.47. The molecule has 832 valence electrons. The van der Waals surface area contributed by atoms with Crippen molar-refractivity contribution < 1.29 is 149 Å². The van der Waals surface area contributed by atoms with Crippen molar-refractivity contribution in [3.05, 3.63) is 125 Å². The molecule has 4 heterocycles. The quantitative estimate of drug-likeness (QED) is 0.0159. The number of rotatable bonds is 67. The zero-order chi connectivity index (χ0) is 109. The van der Waals surface area contributed by atoms with Crippen molar-refractivity contribution in [1.82, 2.24) is 57.1 Å². The topological polar surface area (TPSA) is 563 Å². The van der Waals surface area contributed by atoms with Gasteiger partial charge in [-0.15, -0.1) is 0 Å². The van der Waals surface area contributed by atoms with Gasteiger partial charge in [-0.05, 0) is 129 Å². The second-order valence-electron chi connectivity index (χ2n) is 39.4. The maximum Gasteiger partial charge on any atom is 0.411 e. The summed E-state index contributed by atoms with van der Waals surface area (Å²) in [5.74, 6) is -6.86. The lowest BCUT2D eigenvalue weighted by molar-refractivity contribution is -0.271. The SMILES string of the molecule is CN[C@H](C(=O)N[C@H](C(=O)N(C)[C@H](/C=C(\C)C(=O)O)C(C)C)C(C)(C)C)C(C)(C)c1cccc(NC(=O)OCc2ccc(O[C@@H]3O[C@H](C(=O)O)[C@@H](O)[C@H](O)[C@H]3O)c(CNC(=O)CCNC(=O)[C@H](CNC(=O)CCOCCOCCOCCOCCOCCOCCOCCOCCOCCOCCOCCOC)NC(=O)C3CCC4(CC3)CCN(C(=O)CCCCC(=O)N3Cc5ccccc5-c5n[nH]nc5-c5ccccc53)CC4)c2)c1. The predicted octanol–water partition coefficient (Wildman–Crippen LogP) is 5.92. The number of carbonyl (C=O) groups is 11. The molecule has 1 aromatic heterocycles. The molecule has 0 radical (unpaired) electrons. The minimum absolute atomic E-state index is 0.00481. The molecule has 1 aliphatic carbocycles. The number of anilines is 2. The number of ether oxygens (including phenoxy) is 15. The number of aromatic nitrogens is 3. The summed E-state index contributed by atoms with van der Waals surface area (Å²) in [6, 6.07) is 22.5. The highest BCUT2D eigenvalue weighted by molar-refractivity contribution is 6.00. The number of carboxylic acids is 2. The fraction of sp³-hybridized carbons (Fsp3) is 0.632. The molecule has 5 aromatic rings. The lowest BCUT2D eigenvalue weighted by atomic mass is 9.65. The standard InChI is InChI=1S/C106H157N13O31/c1-70(2)82(63-71(3)100(131)132)117(10)99(130)95(104(4,5)6)113-98(129)94(107-9)105(7,8)76-20-18-21-77(65-76)111-103(135)148-69-72-27-28-83(149-102-92(126)90(124)91(125)93(150-102)101(133)134)75(64-72)66-109-84(120)31-37-108-97(128)80(67-110-85(121)32-40-137-43-44-139-47-48-141-51-52-143-55-56-145-59-60-147-62-61-146-58-57-144-54-53-142-50-49-140-46-45-138-42-41-136-11)112-96(127)73-29-33-106(34-30-73)35-38-118(39-36-106)86(122)25-16-17-26-87(123)119-68-74-19-12-13-22-78(74)88-89(115-116-114-88)79-23-14-15-24-81(79)119/h12-15,18-24,27-28,63-65,70,73,80,82,90-95,102,107,124-126H,16-17,25-26,29-62,66-69H2,1-11H3,(H,108,128)(H,109,120)(H,110,121)(H,111,135)(H,112,127)(H,113,129)(H,131,132)(H,133,134)(H,114,115,116)/b71-63+/t80-,82+,90-,91-,92+,93-,94+,95+,102+/m0/s1. The molecule has 0 bridgehead atoms. The Morgan fingerprint density at radius 3 is 1.66 bits per heavy atom. The van der Waals surface area contributed by atoms with Gasteiger partial charge in [-0.2, -0.15) is 15.4 Å². The molecular weight excluding hydrogens is 1950 g/mol. The van der Waals surface area contributed by atoms with E-state index in [-0.39, 0.29) is 117 Å². The van der Waals surface area contributed by atoms with Gasteiger partial charge in [0.2, 0.25) is 53.5 Å². The second-order valence-corrected chi connectivity index (χ2v) is 39.4. The zero-order valence-electron chi connectivity index (χ0n) is 88.4. The van der Waals surface area contributed by atoms with Crippen LogP contribution < -0.4 is 46.9 Å². The first-order chi connectivity index (χ1) is 72.0. The van der Waals surface area contributed by atoms with Crippen LogP contribution in [0.3, 0.4) is 0 Å². The number of likely N-dealkylation sites (N-methyl/N-ethyl adjacent to an activating group) is 2. The number of aliphatic hydroxyl groups excluding tert-OH is 3. The summed E-state index contributed by atoms with van der Waals surface area (Å²) in [6.07, 6.45) is -4.50. The van der Waals surface area contributed by atoms with Crippen molar-refractivity contribution in [3.8, 4) is 28.3 Å². The van der Waals surface area contributed by atoms with E-state index in [9.17, 15) is 78.3 Å². The van der Waals surface area contributed by atoms with E-state index in [4.69, 9.17) is 71.1 Å². The van der Waals surface area contributed by atoms with Gasteiger partial charge in [-0.3, -0.25) is 43.7 Å². The number of hydrogen-bond donors (Lipinski definition) is 13. The van der Waals surface area contributed by atoms with Gasteiger partial charge in [0.15, 0.2) is 6.10 Å². The molecule has 13 N–H and O–H groups in total. The normalized spacial score (nSPS) is 17.6. The second kappa shape index (κ2) is 64.0. The minimum atomic E-state index is -2.05. The number of aliphatic hydroxyl groups is 3. The van der Waals surface area contributed by atoms with E-state index in [1.54, 1.807) is 50.4 Å². The first-order valence-corrected chi connectivity index (χ1v) is 51.6. The number of carbonyl (C=O) groups excluding carboxylic acids is 9. The van der Waals surface area contributed by atoms with Crippen molar-refractivity contribution >= 4 is 76.7 Å². The van der Waals surface area contributed by atoms with Gasteiger partial charge >= 0.3 is 18.0 Å². The van der Waals surface area contributed by atoms with Gasteiger partial charge in [0.05, 0.1) is 176 Å². The number of aliphatic carboxylic acids is 2. The molecule has 4 aliphatic rings. The fourth-order valence-corrected chi connectivity index (χ4v) is 17.9. The predicted molar refractivity (Wildman–Crippen MR) is 549 cm³/mol. The third-order valence-electron chi connectivity index (χ3n) is 26.7. The van der Waals surface area contributed by atoms with Crippen LogP contribution in [0.1, 0.15) is 155 Å². The van der Waals surface area contributed by atoms with Gasteiger partial charge in [0.1, 0.15) is 54.1 Å². The molecule has 4 aromatic carbocycles. The summed E-state index contributed by atoms with van der Waals surface area (Å²) in [4.78, 5) is 156. The van der Waals surface area contributed by atoms with Crippen molar-refractivity contribution in [2.45, 2.75) is 212 Å². The number of aromatic amines is 1.